The predicted molar refractivity (Wildman–Crippen MR) is 104 cm³/mol. The summed E-state index contributed by atoms with van der Waals surface area (Å²) in [5.74, 6) is 0.500. The highest BCUT2D eigenvalue weighted by Gasteiger charge is 2.19. The van der Waals surface area contributed by atoms with E-state index in [0.717, 1.165) is 35.4 Å². The first-order chi connectivity index (χ1) is 12.6. The molecule has 9 N–H and O–H groups in total. The Kier molecular flexibility index (Phi) is 5.75. The first-order valence-corrected chi connectivity index (χ1v) is 9.01. The summed E-state index contributed by atoms with van der Waals surface area (Å²) in [5.41, 5.74) is 20.8. The molecule has 8 heteroatoms. The Morgan fingerprint density at radius 2 is 2.15 bits per heavy atom. The molecular weight excluding hydrogens is 330 g/mol. The lowest BCUT2D eigenvalue weighted by Gasteiger charge is -2.23. The van der Waals surface area contributed by atoms with Crippen LogP contribution in [0.5, 0.6) is 0 Å². The number of carbonyl (C=O) groups excluding carboxylic acids is 1. The zero-order chi connectivity index (χ0) is 18.5. The molecule has 1 aromatic heterocycles. The van der Waals surface area contributed by atoms with Gasteiger partial charge in [0.2, 0.25) is 0 Å². The highest BCUT2D eigenvalue weighted by atomic mass is 16.2. The van der Waals surface area contributed by atoms with E-state index in [2.05, 4.69) is 20.9 Å². The van der Waals surface area contributed by atoms with E-state index in [1.165, 1.54) is 19.0 Å². The molecule has 2 amide bonds. The summed E-state index contributed by atoms with van der Waals surface area (Å²) in [5, 5.41) is 9.09. The van der Waals surface area contributed by atoms with E-state index in [1.54, 1.807) is 6.07 Å². The average Bonchev–Trinajstić information content (AvgIpc) is 3.14. The zero-order valence-electron chi connectivity index (χ0n) is 14.8. The van der Waals surface area contributed by atoms with E-state index in [4.69, 9.17) is 17.2 Å². The number of carbonyl (C=O) groups is 1. The van der Waals surface area contributed by atoms with Gasteiger partial charge in [0.1, 0.15) is 5.82 Å². The lowest BCUT2D eigenvalue weighted by atomic mass is 9.96. The molecule has 0 saturated heterocycles. The maximum absolute atomic E-state index is 12.1. The van der Waals surface area contributed by atoms with E-state index in [-0.39, 0.29) is 18.1 Å². The van der Waals surface area contributed by atoms with Crippen LogP contribution in [-0.4, -0.2) is 36.2 Å². The summed E-state index contributed by atoms with van der Waals surface area (Å²) in [7, 11) is 0. The standard InChI is InChI=1S/C18H27N7O/c19-8-13(14(21)9-20)11-7-16-15(22-10-11)5-6-17(24-16)25-18(26)23-12-3-1-2-4-12/h5-8,12,14,22H,1-4,9-10,19-21H2,(H2,23,24,25,26)/b13-8-. The van der Waals surface area contributed by atoms with Crippen molar-refractivity contribution in [3.05, 3.63) is 35.2 Å². The topological polar surface area (TPSA) is 144 Å². The smallest absolute Gasteiger partial charge is 0.320 e. The third-order valence-corrected chi connectivity index (χ3v) is 4.84. The molecule has 0 radical (unpaired) electrons. The third-order valence-electron chi connectivity index (χ3n) is 4.84. The number of fused-ring (bicyclic) bond motifs is 1. The number of nitrogens with two attached hydrogens (primary N) is 3. The summed E-state index contributed by atoms with van der Waals surface area (Å²) < 4.78 is 0. The molecule has 1 aromatic rings. The molecule has 2 heterocycles. The largest absolute Gasteiger partial charge is 0.404 e. The monoisotopic (exact) mass is 357 g/mol. The number of nitrogens with one attached hydrogen (secondary N) is 3. The normalized spacial score (nSPS) is 18.5. The minimum Gasteiger partial charge on any atom is -0.404 e. The minimum absolute atomic E-state index is 0.218. The Morgan fingerprint density at radius 1 is 1.38 bits per heavy atom. The molecule has 140 valence electrons. The van der Waals surface area contributed by atoms with Gasteiger partial charge in [-0.2, -0.15) is 0 Å². The maximum Gasteiger partial charge on any atom is 0.320 e. The molecule has 1 atom stereocenters. The van der Waals surface area contributed by atoms with Crippen molar-refractivity contribution in [1.82, 2.24) is 10.3 Å². The highest BCUT2D eigenvalue weighted by Crippen LogP contribution is 2.27. The number of nitrogens with zero attached hydrogens (tertiary/aromatic N) is 1. The van der Waals surface area contributed by atoms with Crippen LogP contribution in [-0.2, 0) is 0 Å². The lowest BCUT2D eigenvalue weighted by molar-refractivity contribution is 0.248. The Labute approximate surface area is 153 Å². The number of rotatable bonds is 5. The van der Waals surface area contributed by atoms with Crippen LogP contribution in [0.3, 0.4) is 0 Å². The van der Waals surface area contributed by atoms with Gasteiger partial charge in [0, 0.05) is 25.2 Å². The number of urea groups is 1. The second-order valence-corrected chi connectivity index (χ2v) is 6.70. The van der Waals surface area contributed by atoms with Gasteiger partial charge in [0.25, 0.3) is 0 Å². The third kappa shape index (κ3) is 4.14. The first-order valence-electron chi connectivity index (χ1n) is 9.01. The number of hydrogen-bond acceptors (Lipinski definition) is 6. The SMILES string of the molecule is N/C=C(/C1=Cc2nc(NC(=O)NC3CCCC3)ccc2NC1)C(N)CN. The number of anilines is 2. The summed E-state index contributed by atoms with van der Waals surface area (Å²) >= 11 is 0. The first kappa shape index (κ1) is 18.2. The quantitative estimate of drug-likeness (QED) is 0.465. The Morgan fingerprint density at radius 3 is 2.85 bits per heavy atom. The van der Waals surface area contributed by atoms with Gasteiger partial charge in [-0.25, -0.2) is 9.78 Å². The van der Waals surface area contributed by atoms with Crippen LogP contribution < -0.4 is 33.2 Å². The van der Waals surface area contributed by atoms with Crippen molar-refractivity contribution in [1.29, 1.82) is 0 Å². The Hall–Kier alpha value is -2.58. The van der Waals surface area contributed by atoms with E-state index < -0.39 is 0 Å². The summed E-state index contributed by atoms with van der Waals surface area (Å²) in [6.45, 7) is 0.907. The van der Waals surface area contributed by atoms with Crippen LogP contribution in [0.25, 0.3) is 6.08 Å². The average molecular weight is 357 g/mol. The number of pyridine rings is 1. The summed E-state index contributed by atoms with van der Waals surface area (Å²) in [6, 6.07) is 3.40. The number of amides is 2. The van der Waals surface area contributed by atoms with Gasteiger partial charge in [-0.1, -0.05) is 12.8 Å². The molecule has 1 aliphatic carbocycles. The van der Waals surface area contributed by atoms with Gasteiger partial charge >= 0.3 is 6.03 Å². The van der Waals surface area contributed by atoms with Gasteiger partial charge in [-0.3, -0.25) is 5.32 Å². The highest BCUT2D eigenvalue weighted by molar-refractivity contribution is 5.89. The summed E-state index contributed by atoms with van der Waals surface area (Å²) in [4.78, 5) is 16.7. The molecule has 0 bridgehead atoms. The molecule has 1 fully saturated rings. The van der Waals surface area contributed by atoms with Crippen molar-refractivity contribution < 1.29 is 4.79 Å². The molecule has 2 aliphatic rings. The van der Waals surface area contributed by atoms with Gasteiger partial charge in [-0.15, -0.1) is 0 Å². The van der Waals surface area contributed by atoms with E-state index in [0.29, 0.717) is 18.9 Å². The molecule has 8 nitrogen and oxygen atoms in total. The Bertz CT molecular complexity index is 722. The minimum atomic E-state index is -0.326. The van der Waals surface area contributed by atoms with Crippen molar-refractivity contribution >= 4 is 23.6 Å². The van der Waals surface area contributed by atoms with Crippen LogP contribution in [0, 0.1) is 0 Å². The van der Waals surface area contributed by atoms with Gasteiger partial charge in [0.15, 0.2) is 0 Å². The van der Waals surface area contributed by atoms with Gasteiger partial charge in [0.05, 0.1) is 11.4 Å². The van der Waals surface area contributed by atoms with Crippen LogP contribution in [0.15, 0.2) is 29.5 Å². The van der Waals surface area contributed by atoms with Crippen LogP contribution in [0.2, 0.25) is 0 Å². The molecule has 26 heavy (non-hydrogen) atoms. The maximum atomic E-state index is 12.1. The molecule has 1 saturated carbocycles. The summed E-state index contributed by atoms with van der Waals surface area (Å²) in [6.07, 6.45) is 7.84. The number of aromatic nitrogens is 1. The molecule has 1 aliphatic heterocycles. The molecule has 0 aromatic carbocycles. The Balaban J connectivity index is 1.73. The van der Waals surface area contributed by atoms with E-state index in [9.17, 15) is 4.79 Å². The van der Waals surface area contributed by atoms with Crippen LogP contribution in [0.4, 0.5) is 16.3 Å². The van der Waals surface area contributed by atoms with Gasteiger partial charge in [-0.05, 0) is 48.4 Å². The van der Waals surface area contributed by atoms with Crippen LogP contribution in [0.1, 0.15) is 31.4 Å². The molecular formula is C18H27N7O. The van der Waals surface area contributed by atoms with Gasteiger partial charge < -0.3 is 27.8 Å². The van der Waals surface area contributed by atoms with E-state index in [1.807, 2.05) is 12.1 Å². The number of hydrogen-bond donors (Lipinski definition) is 6. The second kappa shape index (κ2) is 8.20. The van der Waals surface area contributed by atoms with Crippen molar-refractivity contribution in [2.45, 2.75) is 37.8 Å². The fraction of sp³-hybridized carbons (Fsp3) is 0.444. The molecule has 1 unspecified atom stereocenters. The van der Waals surface area contributed by atoms with Crippen molar-refractivity contribution in [3.63, 3.8) is 0 Å². The second-order valence-electron chi connectivity index (χ2n) is 6.70. The van der Waals surface area contributed by atoms with Crippen molar-refractivity contribution in [2.24, 2.45) is 17.2 Å². The molecule has 0 spiro atoms. The predicted octanol–water partition coefficient (Wildman–Crippen LogP) is 1.08. The molecule has 3 rings (SSSR count). The fourth-order valence-corrected chi connectivity index (χ4v) is 3.40. The van der Waals surface area contributed by atoms with E-state index >= 15 is 0 Å². The zero-order valence-corrected chi connectivity index (χ0v) is 14.8. The van der Waals surface area contributed by atoms with Crippen molar-refractivity contribution in [3.8, 4) is 0 Å². The lowest BCUT2D eigenvalue weighted by Crippen LogP contribution is -2.36. The van der Waals surface area contributed by atoms with Crippen molar-refractivity contribution in [2.75, 3.05) is 23.7 Å². The fourth-order valence-electron chi connectivity index (χ4n) is 3.40. The van der Waals surface area contributed by atoms with Crippen LogP contribution >= 0.6 is 0 Å².